The molecule has 0 saturated heterocycles. The number of thiazole rings is 1. The molecule has 1 amide bonds. The first-order valence-electron chi connectivity index (χ1n) is 10.7. The smallest absolute Gasteiger partial charge is 0.266 e. The molecule has 0 atom stereocenters. The van der Waals surface area contributed by atoms with Gasteiger partial charge in [0.25, 0.3) is 5.91 Å². The number of rotatable bonds is 9. The number of hydrogen-bond donors (Lipinski definition) is 0. The summed E-state index contributed by atoms with van der Waals surface area (Å²) in [5, 5.41) is 1.54. The van der Waals surface area contributed by atoms with Gasteiger partial charge in [-0.3, -0.25) is 4.79 Å². The molecule has 1 fully saturated rings. The maximum Gasteiger partial charge on any atom is 0.266 e. The fraction of sp³-hybridized carbons (Fsp3) is 0.360. The van der Waals surface area contributed by atoms with Crippen LogP contribution in [-0.4, -0.2) is 43.1 Å². The van der Waals surface area contributed by atoms with Crippen molar-refractivity contribution in [3.8, 4) is 22.8 Å². The van der Waals surface area contributed by atoms with Crippen molar-refractivity contribution in [3.63, 3.8) is 0 Å². The summed E-state index contributed by atoms with van der Waals surface area (Å²) in [7, 11) is 3.26. The maximum absolute atomic E-state index is 13.7. The lowest BCUT2D eigenvalue weighted by Crippen LogP contribution is -2.34. The Morgan fingerprint density at radius 3 is 2.50 bits per heavy atom. The number of nitrogens with zero attached hydrogens (tertiary/aromatic N) is 2. The van der Waals surface area contributed by atoms with Crippen LogP contribution in [0.15, 0.2) is 42.5 Å². The number of amides is 1. The molecule has 0 aliphatic heterocycles. The van der Waals surface area contributed by atoms with E-state index in [0.717, 1.165) is 34.8 Å². The molecule has 32 heavy (non-hydrogen) atoms. The summed E-state index contributed by atoms with van der Waals surface area (Å²) in [6.07, 6.45) is 3.12. The van der Waals surface area contributed by atoms with Gasteiger partial charge in [-0.15, -0.1) is 11.3 Å². The number of aryl methyl sites for hydroxylation is 1. The van der Waals surface area contributed by atoms with Gasteiger partial charge in [-0.05, 0) is 61.9 Å². The van der Waals surface area contributed by atoms with E-state index in [9.17, 15) is 4.79 Å². The number of methoxy groups -OCH3 is 2. The highest BCUT2D eigenvalue weighted by molar-refractivity contribution is 7.14. The molecule has 0 N–H and O–H groups in total. The number of carbonyl (C=O) groups excluding carboxylic acids is 1. The van der Waals surface area contributed by atoms with E-state index in [4.69, 9.17) is 21.1 Å². The van der Waals surface area contributed by atoms with E-state index in [1.807, 2.05) is 54.3 Å². The standard InChI is InChI=1S/C25H27ClN2O3S/c1-16-27-23(19-7-9-20(26)10-8-19)24(32-16)25(29)28(15-18-4-5-18)13-12-17-6-11-21(30-2)22(14-17)31-3/h6-11,14,18H,4-5,12-13,15H2,1-3H3. The monoisotopic (exact) mass is 470 g/mol. The molecule has 1 heterocycles. The molecule has 2 aromatic carbocycles. The van der Waals surface area contributed by atoms with E-state index in [2.05, 4.69) is 4.98 Å². The van der Waals surface area contributed by atoms with Crippen LogP contribution in [-0.2, 0) is 6.42 Å². The van der Waals surface area contributed by atoms with Crippen molar-refractivity contribution in [2.75, 3.05) is 27.3 Å². The van der Waals surface area contributed by atoms with E-state index in [1.54, 1.807) is 14.2 Å². The zero-order valence-corrected chi connectivity index (χ0v) is 20.1. The predicted octanol–water partition coefficient (Wildman–Crippen LogP) is 5.88. The van der Waals surface area contributed by atoms with Crippen LogP contribution in [0.2, 0.25) is 5.02 Å². The number of halogens is 1. The van der Waals surface area contributed by atoms with Crippen LogP contribution in [0.4, 0.5) is 0 Å². The molecule has 5 nitrogen and oxygen atoms in total. The third-order valence-corrected chi connectivity index (χ3v) is 6.84. The summed E-state index contributed by atoms with van der Waals surface area (Å²) in [6, 6.07) is 13.4. The molecular formula is C25H27ClN2O3S. The topological polar surface area (TPSA) is 51.7 Å². The van der Waals surface area contributed by atoms with Gasteiger partial charge >= 0.3 is 0 Å². The van der Waals surface area contributed by atoms with E-state index < -0.39 is 0 Å². The second-order valence-electron chi connectivity index (χ2n) is 8.05. The van der Waals surface area contributed by atoms with Crippen LogP contribution < -0.4 is 9.47 Å². The SMILES string of the molecule is COc1ccc(CCN(CC2CC2)C(=O)c2sc(C)nc2-c2ccc(Cl)cc2)cc1OC. The first-order valence-corrected chi connectivity index (χ1v) is 11.9. The first-order chi connectivity index (χ1) is 15.5. The molecule has 1 saturated carbocycles. The minimum atomic E-state index is 0.0490. The van der Waals surface area contributed by atoms with Crippen LogP contribution in [0.1, 0.15) is 33.1 Å². The van der Waals surface area contributed by atoms with Crippen LogP contribution in [0.5, 0.6) is 11.5 Å². The Labute approximate surface area is 198 Å². The third kappa shape index (κ3) is 5.25. The lowest BCUT2D eigenvalue weighted by atomic mass is 10.1. The minimum absolute atomic E-state index is 0.0490. The average molecular weight is 471 g/mol. The number of benzene rings is 2. The van der Waals surface area contributed by atoms with Gasteiger partial charge in [-0.1, -0.05) is 29.8 Å². The fourth-order valence-corrected chi connectivity index (χ4v) is 4.74. The summed E-state index contributed by atoms with van der Waals surface area (Å²) >= 11 is 7.51. The van der Waals surface area contributed by atoms with Crippen molar-refractivity contribution in [3.05, 3.63) is 62.9 Å². The Kier molecular flexibility index (Phi) is 7.01. The van der Waals surface area contributed by atoms with E-state index in [0.29, 0.717) is 33.9 Å². The van der Waals surface area contributed by atoms with Gasteiger partial charge in [0.05, 0.1) is 24.9 Å². The second-order valence-corrected chi connectivity index (χ2v) is 9.69. The highest BCUT2D eigenvalue weighted by Gasteiger charge is 2.29. The highest BCUT2D eigenvalue weighted by atomic mass is 35.5. The molecular weight excluding hydrogens is 444 g/mol. The number of hydrogen-bond acceptors (Lipinski definition) is 5. The summed E-state index contributed by atoms with van der Waals surface area (Å²) in [5.41, 5.74) is 2.75. The van der Waals surface area contributed by atoms with Crippen LogP contribution in [0, 0.1) is 12.8 Å². The number of ether oxygens (including phenoxy) is 2. The lowest BCUT2D eigenvalue weighted by molar-refractivity contribution is 0.0755. The molecule has 7 heteroatoms. The summed E-state index contributed by atoms with van der Waals surface area (Å²) in [6.45, 7) is 3.36. The molecule has 1 aromatic heterocycles. The van der Waals surface area contributed by atoms with Crippen LogP contribution >= 0.6 is 22.9 Å². The maximum atomic E-state index is 13.7. The van der Waals surface area contributed by atoms with Crippen molar-refractivity contribution < 1.29 is 14.3 Å². The Morgan fingerprint density at radius 1 is 1.12 bits per heavy atom. The van der Waals surface area contributed by atoms with Gasteiger partial charge in [0.1, 0.15) is 4.88 Å². The summed E-state index contributed by atoms with van der Waals surface area (Å²) in [5.74, 6) is 2.05. The second kappa shape index (κ2) is 9.92. The van der Waals surface area contributed by atoms with Crippen LogP contribution in [0.3, 0.4) is 0 Å². The molecule has 3 aromatic rings. The molecule has 1 aliphatic rings. The molecule has 1 aliphatic carbocycles. The lowest BCUT2D eigenvalue weighted by Gasteiger charge is -2.23. The van der Waals surface area contributed by atoms with Crippen molar-refractivity contribution in [1.29, 1.82) is 0 Å². The largest absolute Gasteiger partial charge is 0.493 e. The Morgan fingerprint density at radius 2 is 1.84 bits per heavy atom. The predicted molar refractivity (Wildman–Crippen MR) is 129 cm³/mol. The Bertz CT molecular complexity index is 1090. The quantitative estimate of drug-likeness (QED) is 0.391. The third-order valence-electron chi connectivity index (χ3n) is 5.63. The highest BCUT2D eigenvalue weighted by Crippen LogP contribution is 2.34. The normalized spacial score (nSPS) is 13.1. The van der Waals surface area contributed by atoms with Crippen LogP contribution in [0.25, 0.3) is 11.3 Å². The van der Waals surface area contributed by atoms with Gasteiger partial charge in [0.15, 0.2) is 11.5 Å². The minimum Gasteiger partial charge on any atom is -0.493 e. The van der Waals surface area contributed by atoms with E-state index >= 15 is 0 Å². The molecule has 0 unspecified atom stereocenters. The molecule has 0 bridgehead atoms. The van der Waals surface area contributed by atoms with Gasteiger partial charge in [0, 0.05) is 23.7 Å². The molecule has 0 spiro atoms. The van der Waals surface area contributed by atoms with Gasteiger partial charge in [-0.2, -0.15) is 0 Å². The molecule has 0 radical (unpaired) electrons. The average Bonchev–Trinajstić information content (AvgIpc) is 3.55. The van der Waals surface area contributed by atoms with Gasteiger partial charge < -0.3 is 14.4 Å². The van der Waals surface area contributed by atoms with Crippen molar-refractivity contribution >= 4 is 28.8 Å². The molecule has 4 rings (SSSR count). The first kappa shape index (κ1) is 22.6. The Hall–Kier alpha value is -2.57. The molecule has 168 valence electrons. The Balaban J connectivity index is 1.56. The van der Waals surface area contributed by atoms with Gasteiger partial charge in [0.2, 0.25) is 0 Å². The zero-order chi connectivity index (χ0) is 22.7. The van der Waals surface area contributed by atoms with Crippen molar-refractivity contribution in [1.82, 2.24) is 9.88 Å². The zero-order valence-electron chi connectivity index (χ0n) is 18.6. The fourth-order valence-electron chi connectivity index (χ4n) is 3.71. The van der Waals surface area contributed by atoms with E-state index in [-0.39, 0.29) is 5.91 Å². The number of carbonyl (C=O) groups is 1. The summed E-state index contributed by atoms with van der Waals surface area (Å²) < 4.78 is 10.8. The van der Waals surface area contributed by atoms with E-state index in [1.165, 1.54) is 24.2 Å². The number of aromatic nitrogens is 1. The van der Waals surface area contributed by atoms with Gasteiger partial charge in [-0.25, -0.2) is 4.98 Å². The van der Waals surface area contributed by atoms with Crippen molar-refractivity contribution in [2.45, 2.75) is 26.2 Å². The summed E-state index contributed by atoms with van der Waals surface area (Å²) in [4.78, 5) is 21.0. The van der Waals surface area contributed by atoms with Crippen molar-refractivity contribution in [2.24, 2.45) is 5.92 Å².